The highest BCUT2D eigenvalue weighted by molar-refractivity contribution is 6.05. The van der Waals surface area contributed by atoms with Crippen molar-refractivity contribution < 1.29 is 14.3 Å². The van der Waals surface area contributed by atoms with Crippen LogP contribution in [0, 0.1) is 0 Å². The zero-order valence-electron chi connectivity index (χ0n) is 11.0. The molecule has 1 aliphatic heterocycles. The summed E-state index contributed by atoms with van der Waals surface area (Å²) in [6, 6.07) is -0.330. The standard InChI is InChI=1S/C12H22N2O3/c1-5-9(7-17-4)13-10-6-11(15)14(8(2)3)12(10)16/h8-10,13H,5-7H2,1-4H3. The molecule has 1 aliphatic rings. The Kier molecular flexibility index (Phi) is 5.08. The van der Waals surface area contributed by atoms with E-state index >= 15 is 0 Å². The van der Waals surface area contributed by atoms with Crippen LogP contribution in [0.4, 0.5) is 0 Å². The fourth-order valence-corrected chi connectivity index (χ4v) is 2.09. The molecule has 0 radical (unpaired) electrons. The maximum Gasteiger partial charge on any atom is 0.247 e. The van der Waals surface area contributed by atoms with Gasteiger partial charge in [0, 0.05) is 19.2 Å². The molecule has 1 saturated heterocycles. The van der Waals surface area contributed by atoms with Crippen molar-refractivity contribution in [3.05, 3.63) is 0 Å². The summed E-state index contributed by atoms with van der Waals surface area (Å²) in [7, 11) is 1.63. The Hall–Kier alpha value is -0.940. The molecule has 0 aromatic carbocycles. The number of amides is 2. The summed E-state index contributed by atoms with van der Waals surface area (Å²) in [5, 5.41) is 3.19. The summed E-state index contributed by atoms with van der Waals surface area (Å²) < 4.78 is 5.07. The maximum absolute atomic E-state index is 12.0. The lowest BCUT2D eigenvalue weighted by Crippen LogP contribution is -2.46. The fraction of sp³-hybridized carbons (Fsp3) is 0.833. The number of carbonyl (C=O) groups is 2. The van der Waals surface area contributed by atoms with Gasteiger partial charge in [-0.1, -0.05) is 6.92 Å². The molecule has 0 saturated carbocycles. The highest BCUT2D eigenvalue weighted by Crippen LogP contribution is 2.16. The zero-order chi connectivity index (χ0) is 13.0. The summed E-state index contributed by atoms with van der Waals surface area (Å²) in [5.74, 6) is -0.200. The van der Waals surface area contributed by atoms with E-state index in [0.29, 0.717) is 6.61 Å². The van der Waals surface area contributed by atoms with Crippen LogP contribution in [-0.4, -0.2) is 48.6 Å². The molecular formula is C12H22N2O3. The Labute approximate surface area is 102 Å². The van der Waals surface area contributed by atoms with Crippen molar-refractivity contribution in [1.82, 2.24) is 10.2 Å². The quantitative estimate of drug-likeness (QED) is 0.691. The van der Waals surface area contributed by atoms with Crippen LogP contribution in [0.15, 0.2) is 0 Å². The second-order valence-corrected chi connectivity index (χ2v) is 4.68. The summed E-state index contributed by atoms with van der Waals surface area (Å²) in [6.07, 6.45) is 1.13. The van der Waals surface area contributed by atoms with Crippen LogP contribution in [0.2, 0.25) is 0 Å². The van der Waals surface area contributed by atoms with Crippen molar-refractivity contribution in [2.45, 2.75) is 51.7 Å². The number of imide groups is 1. The molecule has 5 heteroatoms. The molecule has 0 aliphatic carbocycles. The van der Waals surface area contributed by atoms with Gasteiger partial charge in [0.2, 0.25) is 11.8 Å². The molecule has 0 aromatic heterocycles. The van der Waals surface area contributed by atoms with E-state index in [0.717, 1.165) is 6.42 Å². The second-order valence-electron chi connectivity index (χ2n) is 4.68. The third kappa shape index (κ3) is 3.26. The summed E-state index contributed by atoms with van der Waals surface area (Å²) in [4.78, 5) is 25.1. The Balaban J connectivity index is 2.62. The van der Waals surface area contributed by atoms with E-state index in [4.69, 9.17) is 4.74 Å². The molecule has 0 spiro atoms. The highest BCUT2D eigenvalue weighted by atomic mass is 16.5. The lowest BCUT2D eigenvalue weighted by Gasteiger charge is -2.22. The molecule has 17 heavy (non-hydrogen) atoms. The number of nitrogens with zero attached hydrogens (tertiary/aromatic N) is 1. The Morgan fingerprint density at radius 3 is 2.53 bits per heavy atom. The van der Waals surface area contributed by atoms with Crippen LogP contribution in [0.1, 0.15) is 33.6 Å². The molecular weight excluding hydrogens is 220 g/mol. The minimum Gasteiger partial charge on any atom is -0.383 e. The van der Waals surface area contributed by atoms with Crippen LogP contribution in [0.3, 0.4) is 0 Å². The van der Waals surface area contributed by atoms with Gasteiger partial charge in [-0.05, 0) is 20.3 Å². The number of likely N-dealkylation sites (tertiary alicyclic amines) is 1. The van der Waals surface area contributed by atoms with E-state index in [2.05, 4.69) is 5.32 Å². The average Bonchev–Trinajstić information content (AvgIpc) is 2.53. The summed E-state index contributed by atoms with van der Waals surface area (Å²) in [6.45, 7) is 6.28. The van der Waals surface area contributed by atoms with Crippen LogP contribution in [0.25, 0.3) is 0 Å². The molecule has 0 bridgehead atoms. The SMILES string of the molecule is CCC(COC)NC1CC(=O)N(C(C)C)C1=O. The first-order valence-electron chi connectivity index (χ1n) is 6.12. The molecule has 1 heterocycles. The number of hydrogen-bond acceptors (Lipinski definition) is 4. The summed E-state index contributed by atoms with van der Waals surface area (Å²) >= 11 is 0. The first kappa shape index (κ1) is 14.1. The monoisotopic (exact) mass is 242 g/mol. The largest absolute Gasteiger partial charge is 0.383 e. The highest BCUT2D eigenvalue weighted by Gasteiger charge is 2.40. The van der Waals surface area contributed by atoms with E-state index in [-0.39, 0.29) is 36.4 Å². The predicted octanol–water partition coefficient (Wildman–Crippen LogP) is 0.537. The van der Waals surface area contributed by atoms with Gasteiger partial charge in [-0.2, -0.15) is 0 Å². The third-order valence-corrected chi connectivity index (χ3v) is 3.00. The van der Waals surface area contributed by atoms with E-state index in [1.165, 1.54) is 4.90 Å². The summed E-state index contributed by atoms with van der Waals surface area (Å²) in [5.41, 5.74) is 0. The van der Waals surface area contributed by atoms with Crippen molar-refractivity contribution in [3.63, 3.8) is 0 Å². The van der Waals surface area contributed by atoms with Crippen LogP contribution in [-0.2, 0) is 14.3 Å². The normalized spacial score (nSPS) is 22.6. The minimum atomic E-state index is -0.384. The van der Waals surface area contributed by atoms with Gasteiger partial charge in [0.1, 0.15) is 0 Å². The number of methoxy groups -OCH3 is 1. The van der Waals surface area contributed by atoms with Crippen LogP contribution >= 0.6 is 0 Å². The first-order chi connectivity index (χ1) is 8.01. The topological polar surface area (TPSA) is 58.6 Å². The van der Waals surface area contributed by atoms with E-state index in [9.17, 15) is 9.59 Å². The average molecular weight is 242 g/mol. The van der Waals surface area contributed by atoms with Crippen LogP contribution < -0.4 is 5.32 Å². The van der Waals surface area contributed by atoms with E-state index in [1.54, 1.807) is 7.11 Å². The zero-order valence-corrected chi connectivity index (χ0v) is 11.0. The first-order valence-corrected chi connectivity index (χ1v) is 6.12. The van der Waals surface area contributed by atoms with Gasteiger partial charge in [0.05, 0.1) is 19.1 Å². The smallest absolute Gasteiger partial charge is 0.247 e. The van der Waals surface area contributed by atoms with Gasteiger partial charge >= 0.3 is 0 Å². The van der Waals surface area contributed by atoms with E-state index in [1.807, 2.05) is 20.8 Å². The molecule has 1 rings (SSSR count). The van der Waals surface area contributed by atoms with Crippen LogP contribution in [0.5, 0.6) is 0 Å². The van der Waals surface area contributed by atoms with Gasteiger partial charge in [-0.15, -0.1) is 0 Å². The molecule has 1 fully saturated rings. The van der Waals surface area contributed by atoms with Crippen molar-refractivity contribution in [2.75, 3.05) is 13.7 Å². The van der Waals surface area contributed by atoms with Crippen molar-refractivity contribution in [2.24, 2.45) is 0 Å². The Bertz CT molecular complexity index is 291. The number of rotatable bonds is 6. The van der Waals surface area contributed by atoms with E-state index < -0.39 is 0 Å². The fourth-order valence-electron chi connectivity index (χ4n) is 2.09. The Morgan fingerprint density at radius 2 is 2.12 bits per heavy atom. The number of carbonyl (C=O) groups excluding carboxylic acids is 2. The van der Waals surface area contributed by atoms with Crippen molar-refractivity contribution in [3.8, 4) is 0 Å². The molecule has 2 atom stereocenters. The van der Waals surface area contributed by atoms with Crippen molar-refractivity contribution >= 4 is 11.8 Å². The van der Waals surface area contributed by atoms with Gasteiger partial charge < -0.3 is 10.1 Å². The Morgan fingerprint density at radius 1 is 1.47 bits per heavy atom. The molecule has 0 aromatic rings. The molecule has 5 nitrogen and oxygen atoms in total. The molecule has 2 unspecified atom stereocenters. The number of nitrogens with one attached hydrogen (secondary N) is 1. The van der Waals surface area contributed by atoms with Gasteiger partial charge in [-0.3, -0.25) is 14.5 Å². The third-order valence-electron chi connectivity index (χ3n) is 3.00. The van der Waals surface area contributed by atoms with Gasteiger partial charge in [0.15, 0.2) is 0 Å². The lowest BCUT2D eigenvalue weighted by atomic mass is 10.1. The van der Waals surface area contributed by atoms with Crippen molar-refractivity contribution in [1.29, 1.82) is 0 Å². The molecule has 1 N–H and O–H groups in total. The maximum atomic E-state index is 12.0. The number of hydrogen-bond donors (Lipinski definition) is 1. The lowest BCUT2D eigenvalue weighted by molar-refractivity contribution is -0.140. The predicted molar refractivity (Wildman–Crippen MR) is 64.5 cm³/mol. The van der Waals surface area contributed by atoms with Gasteiger partial charge in [-0.25, -0.2) is 0 Å². The number of ether oxygens (including phenoxy) is 1. The second kappa shape index (κ2) is 6.12. The van der Waals surface area contributed by atoms with Gasteiger partial charge in [0.25, 0.3) is 0 Å². The minimum absolute atomic E-state index is 0.0655. The molecule has 2 amide bonds. The molecule has 98 valence electrons.